The summed E-state index contributed by atoms with van der Waals surface area (Å²) in [7, 11) is 0. The number of anilines is 1. The van der Waals surface area contributed by atoms with Crippen molar-refractivity contribution in [2.24, 2.45) is 0 Å². The number of nitrogens with zero attached hydrogens (tertiary/aromatic N) is 3. The van der Waals surface area contributed by atoms with Gasteiger partial charge in [-0.3, -0.25) is 0 Å². The molecular weight excluding hydrogens is 296 g/mol. The molecule has 1 N–H and O–H groups in total. The molecule has 0 saturated carbocycles. The van der Waals surface area contributed by atoms with Crippen LogP contribution in [0.2, 0.25) is 0 Å². The molecule has 24 heavy (non-hydrogen) atoms. The van der Waals surface area contributed by atoms with Gasteiger partial charge in [0, 0.05) is 6.20 Å². The van der Waals surface area contributed by atoms with Crippen LogP contribution in [0, 0.1) is 0 Å². The lowest BCUT2D eigenvalue weighted by Gasteiger charge is -2.28. The molecule has 0 fully saturated rings. The van der Waals surface area contributed by atoms with E-state index in [4.69, 9.17) is 0 Å². The molecule has 0 radical (unpaired) electrons. The maximum atomic E-state index is 4.61. The second-order valence-corrected chi connectivity index (χ2v) is 5.92. The first kappa shape index (κ1) is 13.2. The first-order chi connectivity index (χ1) is 11.9. The van der Waals surface area contributed by atoms with Crippen molar-refractivity contribution in [1.29, 1.82) is 0 Å². The van der Waals surface area contributed by atoms with Gasteiger partial charge in [-0.1, -0.05) is 48.5 Å². The van der Waals surface area contributed by atoms with E-state index >= 15 is 0 Å². The molecule has 0 spiro atoms. The Morgan fingerprint density at radius 3 is 2.38 bits per heavy atom. The van der Waals surface area contributed by atoms with E-state index in [0.29, 0.717) is 0 Å². The Hall–Kier alpha value is -3.27. The Labute approximate surface area is 140 Å². The molecule has 0 saturated heterocycles. The summed E-state index contributed by atoms with van der Waals surface area (Å²) in [4.78, 5) is 0. The molecule has 5 rings (SSSR count). The standard InChI is InChI=1S/C20H16N4/c1-3-8-15(9-4-1)19-18-12-7-13-23(18)20-17(22-19)14-21-24(20)16-10-5-2-6-11-16/h1-14,19,22H. The molecule has 3 heterocycles. The van der Waals surface area contributed by atoms with Gasteiger partial charge in [-0.25, -0.2) is 4.68 Å². The van der Waals surface area contributed by atoms with Crippen molar-refractivity contribution in [3.8, 4) is 11.5 Å². The summed E-state index contributed by atoms with van der Waals surface area (Å²) in [6.07, 6.45) is 4.01. The van der Waals surface area contributed by atoms with Crippen LogP contribution >= 0.6 is 0 Å². The summed E-state index contributed by atoms with van der Waals surface area (Å²) in [6.45, 7) is 0. The van der Waals surface area contributed by atoms with E-state index in [1.165, 1.54) is 11.3 Å². The van der Waals surface area contributed by atoms with Crippen molar-refractivity contribution in [2.45, 2.75) is 6.04 Å². The second-order valence-electron chi connectivity index (χ2n) is 5.92. The lowest BCUT2D eigenvalue weighted by molar-refractivity contribution is 0.755. The largest absolute Gasteiger partial charge is 0.368 e. The molecule has 1 aliphatic heterocycles. The molecule has 4 heteroatoms. The Bertz CT molecular complexity index is 983. The van der Waals surface area contributed by atoms with Crippen LogP contribution in [-0.4, -0.2) is 14.3 Å². The monoisotopic (exact) mass is 312 g/mol. The third-order valence-electron chi connectivity index (χ3n) is 4.48. The topological polar surface area (TPSA) is 34.8 Å². The minimum atomic E-state index is 0.127. The van der Waals surface area contributed by atoms with Gasteiger partial charge < -0.3 is 9.88 Å². The van der Waals surface area contributed by atoms with Crippen LogP contribution in [0.5, 0.6) is 0 Å². The highest BCUT2D eigenvalue weighted by Crippen LogP contribution is 2.37. The predicted octanol–water partition coefficient (Wildman–Crippen LogP) is 4.18. The van der Waals surface area contributed by atoms with Crippen LogP contribution in [-0.2, 0) is 0 Å². The molecule has 116 valence electrons. The molecule has 0 aliphatic carbocycles. The third kappa shape index (κ3) is 1.90. The fraction of sp³-hybridized carbons (Fsp3) is 0.0500. The summed E-state index contributed by atoms with van der Waals surface area (Å²) >= 11 is 0. The summed E-state index contributed by atoms with van der Waals surface area (Å²) in [6, 6.07) is 25.1. The van der Waals surface area contributed by atoms with Crippen molar-refractivity contribution in [1.82, 2.24) is 14.3 Å². The van der Waals surface area contributed by atoms with Gasteiger partial charge in [-0.2, -0.15) is 5.10 Å². The van der Waals surface area contributed by atoms with Crippen molar-refractivity contribution in [2.75, 3.05) is 5.32 Å². The van der Waals surface area contributed by atoms with Gasteiger partial charge >= 0.3 is 0 Å². The van der Waals surface area contributed by atoms with E-state index in [-0.39, 0.29) is 6.04 Å². The zero-order chi connectivity index (χ0) is 15.9. The van der Waals surface area contributed by atoms with E-state index in [2.05, 4.69) is 69.7 Å². The molecule has 4 aromatic rings. The average Bonchev–Trinajstić information content (AvgIpc) is 3.29. The number of hydrogen-bond acceptors (Lipinski definition) is 2. The van der Waals surface area contributed by atoms with E-state index in [1.807, 2.05) is 35.1 Å². The molecule has 0 bridgehead atoms. The van der Waals surface area contributed by atoms with Gasteiger partial charge in [-0.15, -0.1) is 0 Å². The lowest BCUT2D eigenvalue weighted by Crippen LogP contribution is -2.22. The highest BCUT2D eigenvalue weighted by atomic mass is 15.4. The van der Waals surface area contributed by atoms with Crippen LogP contribution in [0.3, 0.4) is 0 Å². The van der Waals surface area contributed by atoms with Gasteiger partial charge in [0.25, 0.3) is 0 Å². The Balaban J connectivity index is 1.68. The number of benzene rings is 2. The zero-order valence-corrected chi connectivity index (χ0v) is 13.0. The number of rotatable bonds is 2. The summed E-state index contributed by atoms with van der Waals surface area (Å²) < 4.78 is 4.20. The number of aromatic nitrogens is 3. The van der Waals surface area contributed by atoms with Gasteiger partial charge in [-0.05, 0) is 29.8 Å². The predicted molar refractivity (Wildman–Crippen MR) is 94.8 cm³/mol. The smallest absolute Gasteiger partial charge is 0.164 e. The number of para-hydroxylation sites is 1. The quantitative estimate of drug-likeness (QED) is 0.602. The third-order valence-corrected chi connectivity index (χ3v) is 4.48. The first-order valence-corrected chi connectivity index (χ1v) is 8.04. The van der Waals surface area contributed by atoms with Gasteiger partial charge in [0.15, 0.2) is 5.82 Å². The number of hydrogen-bond donors (Lipinski definition) is 1. The second kappa shape index (κ2) is 5.13. The average molecular weight is 312 g/mol. The van der Waals surface area contributed by atoms with E-state index in [0.717, 1.165) is 17.2 Å². The minimum Gasteiger partial charge on any atom is -0.368 e. The van der Waals surface area contributed by atoms with Crippen LogP contribution in [0.1, 0.15) is 17.3 Å². The Morgan fingerprint density at radius 1 is 0.833 bits per heavy atom. The summed E-state index contributed by atoms with van der Waals surface area (Å²) in [5.41, 5.74) is 4.55. The molecule has 2 aromatic carbocycles. The maximum absolute atomic E-state index is 4.61. The molecule has 1 atom stereocenters. The van der Waals surface area contributed by atoms with Crippen molar-refractivity contribution < 1.29 is 0 Å². The van der Waals surface area contributed by atoms with Gasteiger partial charge in [0.2, 0.25) is 0 Å². The van der Waals surface area contributed by atoms with Crippen LogP contribution in [0.15, 0.2) is 85.2 Å². The van der Waals surface area contributed by atoms with E-state index in [1.54, 1.807) is 0 Å². The maximum Gasteiger partial charge on any atom is 0.164 e. The fourth-order valence-electron chi connectivity index (χ4n) is 3.39. The summed E-state index contributed by atoms with van der Waals surface area (Å²) in [5, 5.41) is 8.25. The van der Waals surface area contributed by atoms with Crippen molar-refractivity contribution in [3.63, 3.8) is 0 Å². The normalized spacial score (nSPS) is 15.4. The summed E-state index contributed by atoms with van der Waals surface area (Å²) in [5.74, 6) is 1.05. The van der Waals surface area contributed by atoms with Crippen LogP contribution in [0.4, 0.5) is 5.69 Å². The van der Waals surface area contributed by atoms with Crippen molar-refractivity contribution >= 4 is 5.69 Å². The van der Waals surface area contributed by atoms with Gasteiger partial charge in [0.05, 0.1) is 29.3 Å². The first-order valence-electron chi connectivity index (χ1n) is 8.04. The fourth-order valence-corrected chi connectivity index (χ4v) is 3.39. The van der Waals surface area contributed by atoms with Gasteiger partial charge in [0.1, 0.15) is 0 Å². The highest BCUT2D eigenvalue weighted by molar-refractivity contribution is 5.65. The van der Waals surface area contributed by atoms with Crippen LogP contribution < -0.4 is 5.32 Å². The molecule has 4 nitrogen and oxygen atoms in total. The molecule has 2 aromatic heterocycles. The molecule has 0 amide bonds. The minimum absolute atomic E-state index is 0.127. The van der Waals surface area contributed by atoms with Crippen LogP contribution in [0.25, 0.3) is 11.5 Å². The SMILES string of the molecule is c1ccc(C2Nc3cnn(-c4ccccc4)c3-n3cccc32)cc1. The Kier molecular flexibility index (Phi) is 2.82. The lowest BCUT2D eigenvalue weighted by atomic mass is 10.0. The molecular formula is C20H16N4. The highest BCUT2D eigenvalue weighted by Gasteiger charge is 2.28. The molecule has 1 aliphatic rings. The molecule has 1 unspecified atom stereocenters. The number of nitrogens with one attached hydrogen (secondary N) is 1. The number of fused-ring (bicyclic) bond motifs is 3. The zero-order valence-electron chi connectivity index (χ0n) is 13.0. The van der Waals surface area contributed by atoms with Crippen molar-refractivity contribution in [3.05, 3.63) is 96.4 Å². The Morgan fingerprint density at radius 2 is 1.58 bits per heavy atom. The van der Waals surface area contributed by atoms with E-state index < -0.39 is 0 Å². The van der Waals surface area contributed by atoms with E-state index in [9.17, 15) is 0 Å².